The van der Waals surface area contributed by atoms with Gasteiger partial charge in [-0.25, -0.2) is 8.78 Å². The first-order valence-electron chi connectivity index (χ1n) is 6.15. The first kappa shape index (κ1) is 13.4. The van der Waals surface area contributed by atoms with E-state index in [1.54, 1.807) is 0 Å². The van der Waals surface area contributed by atoms with Crippen molar-refractivity contribution in [2.45, 2.75) is 44.4 Å². The number of hydrogen-bond acceptors (Lipinski definition) is 3. The molecule has 2 rings (SSSR count). The van der Waals surface area contributed by atoms with Crippen LogP contribution in [0.2, 0.25) is 0 Å². The van der Waals surface area contributed by atoms with Crippen LogP contribution in [-0.2, 0) is 11.2 Å². The van der Waals surface area contributed by atoms with Gasteiger partial charge in [0.15, 0.2) is 0 Å². The average molecular weight is 256 g/mol. The third-order valence-electron chi connectivity index (χ3n) is 3.31. The summed E-state index contributed by atoms with van der Waals surface area (Å²) in [7, 11) is 0. The molecule has 0 aromatic heterocycles. The van der Waals surface area contributed by atoms with E-state index in [1.165, 1.54) is 12.1 Å². The maximum Gasteiger partial charge on any atom is 0.126 e. The van der Waals surface area contributed by atoms with Crippen LogP contribution in [0.15, 0.2) is 18.2 Å². The van der Waals surface area contributed by atoms with E-state index in [0.29, 0.717) is 12.0 Å². The Morgan fingerprint density at radius 2 is 2.00 bits per heavy atom. The summed E-state index contributed by atoms with van der Waals surface area (Å²) in [4.78, 5) is 0. The molecule has 3 N–H and O–H groups in total. The van der Waals surface area contributed by atoms with E-state index in [1.807, 2.05) is 6.92 Å². The van der Waals surface area contributed by atoms with Gasteiger partial charge in [-0.05, 0) is 43.9 Å². The van der Waals surface area contributed by atoms with Gasteiger partial charge >= 0.3 is 0 Å². The lowest BCUT2D eigenvalue weighted by molar-refractivity contribution is 0.0320. The normalized spacial score (nSPS) is 25.3. The molecule has 1 aromatic rings. The molecular weight excluding hydrogens is 238 g/mol. The molecule has 1 saturated heterocycles. The van der Waals surface area contributed by atoms with Gasteiger partial charge < -0.3 is 4.74 Å². The number of benzene rings is 1. The maximum atomic E-state index is 13.1. The Labute approximate surface area is 105 Å². The van der Waals surface area contributed by atoms with Crippen molar-refractivity contribution in [2.24, 2.45) is 5.84 Å². The molecule has 1 heterocycles. The minimum Gasteiger partial charge on any atom is -0.374 e. The zero-order valence-electron chi connectivity index (χ0n) is 10.3. The third-order valence-corrected chi connectivity index (χ3v) is 3.31. The summed E-state index contributed by atoms with van der Waals surface area (Å²) in [6, 6.07) is 3.39. The summed E-state index contributed by atoms with van der Waals surface area (Å²) >= 11 is 0. The topological polar surface area (TPSA) is 47.3 Å². The first-order valence-corrected chi connectivity index (χ1v) is 6.15. The molecule has 0 spiro atoms. The molecule has 0 saturated carbocycles. The van der Waals surface area contributed by atoms with Crippen LogP contribution in [0.5, 0.6) is 0 Å². The van der Waals surface area contributed by atoms with Gasteiger partial charge in [-0.2, -0.15) is 0 Å². The fourth-order valence-electron chi connectivity index (χ4n) is 2.41. The summed E-state index contributed by atoms with van der Waals surface area (Å²) < 4.78 is 31.9. The van der Waals surface area contributed by atoms with Gasteiger partial charge in [0.05, 0.1) is 18.2 Å². The molecule has 0 amide bonds. The summed E-state index contributed by atoms with van der Waals surface area (Å²) in [5.41, 5.74) is 3.26. The number of hydrazine groups is 1. The molecule has 5 heteroatoms. The summed E-state index contributed by atoms with van der Waals surface area (Å²) in [5, 5.41) is 0. The van der Waals surface area contributed by atoms with Crippen molar-refractivity contribution in [3.8, 4) is 0 Å². The molecular formula is C13H18F2N2O. The molecule has 1 aliphatic heterocycles. The highest BCUT2D eigenvalue weighted by atomic mass is 19.1. The smallest absolute Gasteiger partial charge is 0.126 e. The van der Waals surface area contributed by atoms with E-state index in [9.17, 15) is 8.78 Å². The number of nitrogens with one attached hydrogen (secondary N) is 1. The minimum atomic E-state index is -0.568. The second-order valence-corrected chi connectivity index (χ2v) is 4.82. The van der Waals surface area contributed by atoms with E-state index >= 15 is 0 Å². The van der Waals surface area contributed by atoms with Gasteiger partial charge in [-0.3, -0.25) is 11.3 Å². The van der Waals surface area contributed by atoms with Crippen molar-refractivity contribution in [3.05, 3.63) is 35.4 Å². The van der Waals surface area contributed by atoms with Crippen LogP contribution in [0.4, 0.5) is 8.78 Å². The van der Waals surface area contributed by atoms with Gasteiger partial charge in [0.2, 0.25) is 0 Å². The molecule has 0 aliphatic carbocycles. The highest BCUT2D eigenvalue weighted by Crippen LogP contribution is 2.23. The van der Waals surface area contributed by atoms with Gasteiger partial charge in [0, 0.05) is 6.07 Å². The monoisotopic (exact) mass is 256 g/mol. The van der Waals surface area contributed by atoms with E-state index < -0.39 is 11.6 Å². The molecule has 1 aliphatic rings. The lowest BCUT2D eigenvalue weighted by atomic mass is 9.99. The lowest BCUT2D eigenvalue weighted by Gasteiger charge is -2.23. The van der Waals surface area contributed by atoms with Crippen molar-refractivity contribution in [3.63, 3.8) is 0 Å². The van der Waals surface area contributed by atoms with Crippen molar-refractivity contribution in [2.75, 3.05) is 0 Å². The van der Waals surface area contributed by atoms with Crippen LogP contribution < -0.4 is 11.3 Å². The predicted molar refractivity (Wildman–Crippen MR) is 64.7 cm³/mol. The fourth-order valence-corrected chi connectivity index (χ4v) is 2.41. The summed E-state index contributed by atoms with van der Waals surface area (Å²) in [5.74, 6) is 4.37. The molecule has 0 bridgehead atoms. The standard InChI is InChI=1S/C13H18F2N2O/c1-8-2-3-13(18-8)12(17-16)6-9-4-10(14)7-11(15)5-9/h4-5,7-8,12-13,17H,2-3,6,16H2,1H3. The van der Waals surface area contributed by atoms with Crippen LogP contribution >= 0.6 is 0 Å². The fraction of sp³-hybridized carbons (Fsp3) is 0.538. The number of rotatable bonds is 4. The second-order valence-electron chi connectivity index (χ2n) is 4.82. The Morgan fingerprint density at radius 3 is 2.50 bits per heavy atom. The number of nitrogens with two attached hydrogens (primary N) is 1. The van der Waals surface area contributed by atoms with Crippen LogP contribution in [0.3, 0.4) is 0 Å². The second kappa shape index (κ2) is 5.73. The molecule has 1 aromatic carbocycles. The Bertz CT molecular complexity index is 394. The first-order chi connectivity index (χ1) is 8.58. The van der Waals surface area contributed by atoms with Gasteiger partial charge in [0.25, 0.3) is 0 Å². The largest absolute Gasteiger partial charge is 0.374 e. The van der Waals surface area contributed by atoms with Gasteiger partial charge in [-0.1, -0.05) is 0 Å². The Balaban J connectivity index is 2.05. The Kier molecular flexibility index (Phi) is 4.27. The quantitative estimate of drug-likeness (QED) is 0.639. The van der Waals surface area contributed by atoms with Crippen LogP contribution in [0, 0.1) is 11.6 Å². The molecule has 3 nitrogen and oxygen atoms in total. The van der Waals surface area contributed by atoms with Crippen molar-refractivity contribution >= 4 is 0 Å². The molecule has 100 valence electrons. The van der Waals surface area contributed by atoms with Crippen LogP contribution in [-0.4, -0.2) is 18.2 Å². The highest BCUT2D eigenvalue weighted by molar-refractivity contribution is 5.19. The van der Waals surface area contributed by atoms with E-state index in [0.717, 1.165) is 18.9 Å². The van der Waals surface area contributed by atoms with Crippen molar-refractivity contribution in [1.82, 2.24) is 5.43 Å². The minimum absolute atomic E-state index is 0.00340. The summed E-state index contributed by atoms with van der Waals surface area (Å²) in [6.45, 7) is 2.01. The SMILES string of the molecule is CC1CCC(C(Cc2cc(F)cc(F)c2)NN)O1. The predicted octanol–water partition coefficient (Wildman–Crippen LogP) is 1.91. The molecule has 0 radical (unpaired) electrons. The zero-order valence-corrected chi connectivity index (χ0v) is 10.3. The molecule has 3 atom stereocenters. The Morgan fingerprint density at radius 1 is 1.33 bits per heavy atom. The van der Waals surface area contributed by atoms with E-state index in [-0.39, 0.29) is 18.2 Å². The number of ether oxygens (including phenoxy) is 1. The van der Waals surface area contributed by atoms with Gasteiger partial charge in [-0.15, -0.1) is 0 Å². The molecule has 1 fully saturated rings. The highest BCUT2D eigenvalue weighted by Gasteiger charge is 2.29. The average Bonchev–Trinajstić information content (AvgIpc) is 2.71. The summed E-state index contributed by atoms with van der Waals surface area (Å²) in [6.07, 6.45) is 2.56. The van der Waals surface area contributed by atoms with Crippen molar-refractivity contribution in [1.29, 1.82) is 0 Å². The van der Waals surface area contributed by atoms with E-state index in [2.05, 4.69) is 5.43 Å². The third kappa shape index (κ3) is 3.25. The Hall–Kier alpha value is -1.04. The van der Waals surface area contributed by atoms with Crippen LogP contribution in [0.25, 0.3) is 0 Å². The number of hydrogen-bond donors (Lipinski definition) is 2. The lowest BCUT2D eigenvalue weighted by Crippen LogP contribution is -2.45. The van der Waals surface area contributed by atoms with Gasteiger partial charge in [0.1, 0.15) is 11.6 Å². The molecule has 3 unspecified atom stereocenters. The molecule has 18 heavy (non-hydrogen) atoms. The zero-order chi connectivity index (χ0) is 13.1. The van der Waals surface area contributed by atoms with Crippen molar-refractivity contribution < 1.29 is 13.5 Å². The maximum absolute atomic E-state index is 13.1. The van der Waals surface area contributed by atoms with E-state index in [4.69, 9.17) is 10.6 Å². The van der Waals surface area contributed by atoms with Crippen LogP contribution in [0.1, 0.15) is 25.3 Å². The number of halogens is 2.